The van der Waals surface area contributed by atoms with E-state index in [1.54, 1.807) is 19.1 Å². The summed E-state index contributed by atoms with van der Waals surface area (Å²) >= 11 is 0. The fraction of sp³-hybridized carbons (Fsp3) is 0.316. The molecule has 0 bridgehead atoms. The fourth-order valence-corrected chi connectivity index (χ4v) is 4.04. The lowest BCUT2D eigenvalue weighted by Gasteiger charge is -2.08. The molecule has 7 heteroatoms. The van der Waals surface area contributed by atoms with Crippen molar-refractivity contribution in [1.82, 2.24) is 4.98 Å². The molecular weight excluding hydrogens is 350 g/mol. The van der Waals surface area contributed by atoms with Crippen molar-refractivity contribution < 1.29 is 13.2 Å². The third-order valence-corrected chi connectivity index (χ3v) is 5.48. The SMILES string of the molecule is CC(N=S(=O)=O)c1ccc2c(c1)C(=Cc1cc3c([nH]1)CCCC3)C(=O)N2. The smallest absolute Gasteiger partial charge is 0.311 e. The Balaban J connectivity index is 1.74. The number of rotatable bonds is 3. The van der Waals surface area contributed by atoms with Crippen LogP contribution in [0.15, 0.2) is 28.6 Å². The molecule has 1 aromatic heterocycles. The Hall–Kier alpha value is -2.67. The second kappa shape index (κ2) is 6.57. The lowest BCUT2D eigenvalue weighted by Crippen LogP contribution is -2.03. The average molecular weight is 369 g/mol. The van der Waals surface area contributed by atoms with Gasteiger partial charge in [0.2, 0.25) is 0 Å². The first-order chi connectivity index (χ1) is 12.5. The third kappa shape index (κ3) is 3.10. The standard InChI is InChI=1S/C19H19N3O3S/c1-11(22-26(24)25)12-6-7-18-15(9-12)16(19(23)21-18)10-14-8-13-4-2-3-5-17(13)20-14/h6-11,20H,2-5H2,1H3,(H,21,23). The molecule has 0 saturated heterocycles. The topological polar surface area (TPSA) is 91.4 Å². The van der Waals surface area contributed by atoms with Gasteiger partial charge in [-0.2, -0.15) is 12.8 Å². The van der Waals surface area contributed by atoms with Gasteiger partial charge in [0.25, 0.3) is 5.91 Å². The summed E-state index contributed by atoms with van der Waals surface area (Å²) in [7, 11) is -2.47. The van der Waals surface area contributed by atoms with Gasteiger partial charge >= 0.3 is 10.5 Å². The lowest BCUT2D eigenvalue weighted by atomic mass is 9.98. The highest BCUT2D eigenvalue weighted by Crippen LogP contribution is 2.36. The normalized spacial score (nSPS) is 18.2. The van der Waals surface area contributed by atoms with Crippen LogP contribution in [0, 0.1) is 0 Å². The Bertz CT molecular complexity index is 1030. The van der Waals surface area contributed by atoms with Gasteiger partial charge in [0.15, 0.2) is 0 Å². The van der Waals surface area contributed by atoms with Gasteiger partial charge in [-0.15, -0.1) is 0 Å². The van der Waals surface area contributed by atoms with E-state index in [9.17, 15) is 13.2 Å². The summed E-state index contributed by atoms with van der Waals surface area (Å²) in [6.07, 6.45) is 6.40. The Morgan fingerprint density at radius 1 is 1.19 bits per heavy atom. The van der Waals surface area contributed by atoms with Crippen LogP contribution in [0.1, 0.15) is 53.9 Å². The van der Waals surface area contributed by atoms with E-state index < -0.39 is 16.5 Å². The molecule has 1 atom stereocenters. The van der Waals surface area contributed by atoms with Crippen LogP contribution in [0.5, 0.6) is 0 Å². The van der Waals surface area contributed by atoms with Crippen molar-refractivity contribution in [3.63, 3.8) is 0 Å². The van der Waals surface area contributed by atoms with Crippen molar-refractivity contribution in [2.24, 2.45) is 4.36 Å². The molecule has 1 unspecified atom stereocenters. The van der Waals surface area contributed by atoms with Crippen LogP contribution in [0.25, 0.3) is 11.6 Å². The summed E-state index contributed by atoms with van der Waals surface area (Å²) in [4.78, 5) is 15.8. The monoisotopic (exact) mass is 369 g/mol. The first-order valence-corrected chi connectivity index (χ1v) is 9.73. The Labute approximate surface area is 153 Å². The van der Waals surface area contributed by atoms with Gasteiger partial charge in [-0.05, 0) is 68.0 Å². The number of nitrogens with zero attached hydrogens (tertiary/aromatic N) is 1. The molecule has 0 saturated carbocycles. The van der Waals surface area contributed by atoms with Gasteiger partial charge in [0.1, 0.15) is 0 Å². The first kappa shape index (κ1) is 16.8. The summed E-state index contributed by atoms with van der Waals surface area (Å²) in [5.74, 6) is -0.151. The van der Waals surface area contributed by atoms with Crippen LogP contribution in [0.4, 0.5) is 5.69 Å². The van der Waals surface area contributed by atoms with Crippen molar-refractivity contribution in [3.05, 3.63) is 52.3 Å². The van der Waals surface area contributed by atoms with E-state index in [0.717, 1.165) is 35.3 Å². The highest BCUT2D eigenvalue weighted by Gasteiger charge is 2.25. The van der Waals surface area contributed by atoms with Gasteiger partial charge in [-0.25, -0.2) is 0 Å². The number of aromatic nitrogens is 1. The molecule has 1 aliphatic carbocycles. The fourth-order valence-electron chi connectivity index (χ4n) is 3.66. The van der Waals surface area contributed by atoms with E-state index in [0.29, 0.717) is 5.57 Å². The largest absolute Gasteiger partial charge is 0.359 e. The van der Waals surface area contributed by atoms with Gasteiger partial charge in [-0.1, -0.05) is 6.07 Å². The van der Waals surface area contributed by atoms with Crippen LogP contribution in [0.2, 0.25) is 0 Å². The summed E-state index contributed by atoms with van der Waals surface area (Å²) in [5.41, 5.74) is 6.37. The van der Waals surface area contributed by atoms with Crippen LogP contribution in [0.3, 0.4) is 0 Å². The number of carbonyl (C=O) groups is 1. The second-order valence-electron chi connectivity index (χ2n) is 6.75. The molecule has 2 aliphatic rings. The molecule has 2 N–H and O–H groups in total. The predicted molar refractivity (Wildman–Crippen MR) is 100 cm³/mol. The number of fused-ring (bicyclic) bond motifs is 2. The maximum absolute atomic E-state index is 12.4. The number of aryl methyl sites for hydroxylation is 2. The van der Waals surface area contributed by atoms with E-state index in [1.807, 2.05) is 12.1 Å². The van der Waals surface area contributed by atoms with Crippen molar-refractivity contribution in [1.29, 1.82) is 0 Å². The van der Waals surface area contributed by atoms with E-state index in [-0.39, 0.29) is 5.91 Å². The van der Waals surface area contributed by atoms with Gasteiger partial charge in [0.05, 0.1) is 11.6 Å². The number of H-pyrrole nitrogens is 1. The van der Waals surface area contributed by atoms with Crippen LogP contribution in [-0.2, 0) is 28.1 Å². The van der Waals surface area contributed by atoms with Crippen molar-refractivity contribution in [2.45, 2.75) is 38.6 Å². The van der Waals surface area contributed by atoms with Crippen molar-refractivity contribution in [3.8, 4) is 0 Å². The molecule has 2 aromatic rings. The Morgan fingerprint density at radius 3 is 2.77 bits per heavy atom. The number of amides is 1. The summed E-state index contributed by atoms with van der Waals surface area (Å²) in [6, 6.07) is 7.05. The molecular formula is C19H19N3O3S. The number of hydrogen-bond acceptors (Lipinski definition) is 4. The molecule has 1 amide bonds. The summed E-state index contributed by atoms with van der Waals surface area (Å²) in [5, 5.41) is 2.86. The molecule has 0 radical (unpaired) electrons. The van der Waals surface area contributed by atoms with Crippen molar-refractivity contribution in [2.75, 3.05) is 5.32 Å². The zero-order valence-electron chi connectivity index (χ0n) is 14.4. The van der Waals surface area contributed by atoms with Crippen LogP contribution < -0.4 is 5.32 Å². The highest BCUT2D eigenvalue weighted by atomic mass is 32.2. The highest BCUT2D eigenvalue weighted by molar-refractivity contribution is 7.61. The number of hydrogen-bond donors (Lipinski definition) is 2. The predicted octanol–water partition coefficient (Wildman–Crippen LogP) is 3.51. The maximum atomic E-state index is 12.4. The number of aromatic amines is 1. The third-order valence-electron chi connectivity index (χ3n) is 4.99. The van der Waals surface area contributed by atoms with E-state index >= 15 is 0 Å². The molecule has 1 aromatic carbocycles. The molecule has 0 fully saturated rings. The number of anilines is 1. The average Bonchev–Trinajstić information content (AvgIpc) is 3.14. The Kier molecular flexibility index (Phi) is 4.24. The van der Waals surface area contributed by atoms with E-state index in [2.05, 4.69) is 20.7 Å². The van der Waals surface area contributed by atoms with Crippen molar-refractivity contribution >= 4 is 33.7 Å². The molecule has 6 nitrogen and oxygen atoms in total. The number of benzene rings is 1. The van der Waals surface area contributed by atoms with Gasteiger partial charge in [0, 0.05) is 22.6 Å². The van der Waals surface area contributed by atoms with Gasteiger partial charge in [-0.3, -0.25) is 4.79 Å². The zero-order chi connectivity index (χ0) is 18.3. The first-order valence-electron chi connectivity index (χ1n) is 8.69. The molecule has 2 heterocycles. The minimum Gasteiger partial charge on any atom is -0.359 e. The molecule has 1 aliphatic heterocycles. The van der Waals surface area contributed by atoms with Crippen LogP contribution >= 0.6 is 0 Å². The van der Waals surface area contributed by atoms with E-state index in [1.165, 1.54) is 24.1 Å². The van der Waals surface area contributed by atoms with E-state index in [4.69, 9.17) is 0 Å². The number of carbonyl (C=O) groups excluding carboxylic acids is 1. The van der Waals surface area contributed by atoms with Crippen LogP contribution in [-0.4, -0.2) is 19.3 Å². The minimum atomic E-state index is -2.47. The summed E-state index contributed by atoms with van der Waals surface area (Å²) in [6.45, 7) is 1.71. The quantitative estimate of drug-likeness (QED) is 0.811. The second-order valence-corrected chi connectivity index (χ2v) is 7.40. The molecule has 134 valence electrons. The molecule has 26 heavy (non-hydrogen) atoms. The lowest BCUT2D eigenvalue weighted by molar-refractivity contribution is -0.110. The zero-order valence-corrected chi connectivity index (χ0v) is 15.2. The van der Waals surface area contributed by atoms with Gasteiger partial charge < -0.3 is 10.3 Å². The molecule has 0 spiro atoms. The number of nitrogens with one attached hydrogen (secondary N) is 2. The minimum absolute atomic E-state index is 0.151. The maximum Gasteiger partial charge on any atom is 0.311 e. The molecule has 4 rings (SSSR count). The Morgan fingerprint density at radius 2 is 2.00 bits per heavy atom. The summed E-state index contributed by atoms with van der Waals surface area (Å²) < 4.78 is 25.3.